The van der Waals surface area contributed by atoms with Gasteiger partial charge in [-0.2, -0.15) is 0 Å². The van der Waals surface area contributed by atoms with E-state index in [9.17, 15) is 0 Å². The Bertz CT molecular complexity index is 517. The molecule has 42 heavy (non-hydrogen) atoms. The maximum Gasteiger partial charge on any atom is 0 e. The summed E-state index contributed by atoms with van der Waals surface area (Å²) in [6.07, 6.45) is 47.2. The standard InChI is InChI=1S/2C18H33P.CHO2.Ni/c2*1-4-10-16(11-5-1)19(17-12-6-2-7-13-17)18-14-8-3-9-15-18;2-1-3;/h2*16-18H,1-15H2;(H,2,3);/q;;-1;. The maximum absolute atomic E-state index is 8.24. The Balaban J connectivity index is 0.000000207. The van der Waals surface area contributed by atoms with E-state index in [1.165, 1.54) is 72.5 Å². The molecular formula is C37H67NiO2P2-. The molecule has 0 radical (unpaired) electrons. The average Bonchev–Trinajstić information content (AvgIpc) is 3.05. The summed E-state index contributed by atoms with van der Waals surface area (Å²) in [6, 6.07) is 0. The number of rotatable bonds is 6. The number of hydrogen-bond donors (Lipinski definition) is 1. The van der Waals surface area contributed by atoms with Crippen LogP contribution in [0.25, 0.3) is 0 Å². The van der Waals surface area contributed by atoms with E-state index in [0.29, 0.717) is 22.3 Å². The summed E-state index contributed by atoms with van der Waals surface area (Å²) >= 11 is 0. The Morgan fingerprint density at radius 1 is 0.333 bits per heavy atom. The molecule has 0 aromatic rings. The van der Waals surface area contributed by atoms with Crippen LogP contribution in [0, 0.1) is 0 Å². The minimum absolute atomic E-state index is 0. The Morgan fingerprint density at radius 3 is 0.571 bits per heavy atom. The van der Waals surface area contributed by atoms with Gasteiger partial charge < -0.3 is 9.90 Å². The molecule has 0 aliphatic heterocycles. The van der Waals surface area contributed by atoms with Crippen LogP contribution in [0.15, 0.2) is 0 Å². The van der Waals surface area contributed by atoms with E-state index in [-0.39, 0.29) is 16.5 Å². The molecule has 6 aliphatic carbocycles. The first kappa shape index (κ1) is 37.3. The predicted octanol–water partition coefficient (Wildman–Crippen LogP) is 12.5. The van der Waals surface area contributed by atoms with Crippen LogP contribution in [0.3, 0.4) is 0 Å². The molecule has 0 bridgehead atoms. The normalized spacial score (nSPS) is 26.4. The molecule has 0 aromatic carbocycles. The molecule has 0 heterocycles. The van der Waals surface area contributed by atoms with Gasteiger partial charge >= 0.3 is 0 Å². The van der Waals surface area contributed by atoms with Crippen LogP contribution in [0.5, 0.6) is 0 Å². The molecule has 0 atom stereocenters. The summed E-state index contributed by atoms with van der Waals surface area (Å²) in [5.41, 5.74) is 7.14. The van der Waals surface area contributed by atoms with E-state index in [1.807, 2.05) is 0 Å². The third-order valence-electron chi connectivity index (χ3n) is 12.0. The van der Waals surface area contributed by atoms with Crippen LogP contribution in [0.2, 0.25) is 0 Å². The monoisotopic (exact) mass is 663 g/mol. The van der Waals surface area contributed by atoms with Gasteiger partial charge in [0.2, 0.25) is 0 Å². The van der Waals surface area contributed by atoms with E-state index >= 15 is 0 Å². The molecule has 0 spiro atoms. The van der Waals surface area contributed by atoms with Crippen molar-refractivity contribution in [3.8, 4) is 0 Å². The molecule has 6 saturated carbocycles. The first-order chi connectivity index (χ1) is 20.3. The Hall–Kier alpha value is 0.824. The number of hydrogen-bond acceptors (Lipinski definition) is 1. The van der Waals surface area contributed by atoms with Crippen LogP contribution >= 0.6 is 15.8 Å². The average molecular weight is 665 g/mol. The van der Waals surface area contributed by atoms with Crippen molar-refractivity contribution in [1.82, 2.24) is 0 Å². The van der Waals surface area contributed by atoms with Crippen molar-refractivity contribution < 1.29 is 26.4 Å². The van der Waals surface area contributed by atoms with E-state index in [4.69, 9.17) is 9.90 Å². The molecule has 6 rings (SSSR count). The van der Waals surface area contributed by atoms with Gasteiger partial charge in [-0.3, -0.25) is 0 Å². The van der Waals surface area contributed by atoms with Crippen molar-refractivity contribution in [3.05, 3.63) is 0 Å². The van der Waals surface area contributed by atoms with Crippen molar-refractivity contribution in [1.29, 1.82) is 0 Å². The molecule has 6 aliphatic rings. The Morgan fingerprint density at radius 2 is 0.452 bits per heavy atom. The first-order valence-electron chi connectivity index (χ1n) is 18.9. The van der Waals surface area contributed by atoms with Gasteiger partial charge in [-0.1, -0.05) is 138 Å². The van der Waals surface area contributed by atoms with E-state index in [2.05, 4.69) is 0 Å². The van der Waals surface area contributed by atoms with Crippen molar-refractivity contribution in [2.45, 2.75) is 227 Å². The van der Waals surface area contributed by atoms with Crippen LogP contribution in [0.4, 0.5) is 0 Å². The van der Waals surface area contributed by atoms with Gasteiger partial charge in [-0.15, -0.1) is 0 Å². The Kier molecular flexibility index (Phi) is 19.9. The molecule has 0 aromatic heterocycles. The van der Waals surface area contributed by atoms with Crippen molar-refractivity contribution in [3.63, 3.8) is 0 Å². The number of aliphatic hydroxyl groups excluding tert-OH is 1. The van der Waals surface area contributed by atoms with Crippen LogP contribution in [-0.2, 0) is 21.3 Å². The molecule has 0 amide bonds. The SMILES string of the molecule is C1CCC(P(C2CCCCC2)C2CCCCC2)CC1.C1CCC(P(C2CCCCC2)C2CCCCC2)CC1.O=[C-]O.[Ni]. The third-order valence-corrected chi connectivity index (χ3v) is 20.1. The summed E-state index contributed by atoms with van der Waals surface area (Å²) in [4.78, 5) is 8.24. The topological polar surface area (TPSA) is 37.3 Å². The fourth-order valence-corrected chi connectivity index (χ4v) is 19.4. The second kappa shape index (κ2) is 22.4. The van der Waals surface area contributed by atoms with Crippen LogP contribution < -0.4 is 0 Å². The van der Waals surface area contributed by atoms with Crippen molar-refractivity contribution in [2.24, 2.45) is 0 Å². The zero-order chi connectivity index (χ0) is 28.5. The zero-order valence-electron chi connectivity index (χ0n) is 27.2. The minimum Gasteiger partial charge on any atom is -0.665 e. The van der Waals surface area contributed by atoms with Gasteiger partial charge in [-0.25, -0.2) is 0 Å². The first-order valence-corrected chi connectivity index (χ1v) is 22.0. The fraction of sp³-hybridized carbons (Fsp3) is 0.973. The van der Waals surface area contributed by atoms with Gasteiger partial charge in [0.15, 0.2) is 0 Å². The fourth-order valence-electron chi connectivity index (χ4n) is 10.1. The largest absolute Gasteiger partial charge is 0.665 e. The van der Waals surface area contributed by atoms with Crippen molar-refractivity contribution >= 4 is 22.3 Å². The summed E-state index contributed by atoms with van der Waals surface area (Å²) in [7, 11) is 0.770. The van der Waals surface area contributed by atoms with E-state index in [0.717, 1.165) is 0 Å². The molecule has 5 heteroatoms. The molecular weight excluding hydrogens is 597 g/mol. The van der Waals surface area contributed by atoms with Crippen molar-refractivity contribution in [2.75, 3.05) is 0 Å². The summed E-state index contributed by atoms with van der Waals surface area (Å²) in [6.45, 7) is 0.500. The van der Waals surface area contributed by atoms with E-state index in [1.54, 1.807) is 154 Å². The minimum atomic E-state index is 0. The summed E-state index contributed by atoms with van der Waals surface area (Å²) in [5, 5.41) is 6.76. The van der Waals surface area contributed by atoms with Gasteiger partial charge in [0, 0.05) is 16.5 Å². The van der Waals surface area contributed by atoms with Crippen LogP contribution in [-0.4, -0.2) is 45.5 Å². The predicted molar refractivity (Wildman–Crippen MR) is 183 cm³/mol. The van der Waals surface area contributed by atoms with E-state index < -0.39 is 0 Å². The van der Waals surface area contributed by atoms with Gasteiger partial charge in [0.05, 0.1) is 0 Å². The summed E-state index contributed by atoms with van der Waals surface area (Å²) in [5.74, 6) is 0. The van der Waals surface area contributed by atoms with Gasteiger partial charge in [-0.05, 0) is 111 Å². The zero-order valence-corrected chi connectivity index (χ0v) is 30.0. The quantitative estimate of drug-likeness (QED) is 0.174. The molecule has 2 nitrogen and oxygen atoms in total. The molecule has 0 unspecified atom stereocenters. The van der Waals surface area contributed by atoms with Gasteiger partial charge in [0.25, 0.3) is 0 Å². The smallest absolute Gasteiger partial charge is 0 e. The Labute approximate surface area is 274 Å². The second-order valence-corrected chi connectivity index (χ2v) is 20.9. The summed E-state index contributed by atoms with van der Waals surface area (Å²) < 4.78 is 0. The molecule has 6 fully saturated rings. The maximum atomic E-state index is 8.24. The van der Waals surface area contributed by atoms with Crippen LogP contribution in [0.1, 0.15) is 193 Å². The molecule has 1 N–H and O–H groups in total. The molecule has 248 valence electrons. The van der Waals surface area contributed by atoms with Gasteiger partial charge in [0.1, 0.15) is 0 Å². The molecule has 0 saturated heterocycles. The third kappa shape index (κ3) is 12.2. The second-order valence-electron chi connectivity index (χ2n) is 14.7.